The lowest BCUT2D eigenvalue weighted by atomic mass is 9.93. The van der Waals surface area contributed by atoms with E-state index in [0.29, 0.717) is 30.2 Å². The summed E-state index contributed by atoms with van der Waals surface area (Å²) in [6.07, 6.45) is 4.33. The average molecular weight is 362 g/mol. The molecule has 0 radical (unpaired) electrons. The number of likely N-dealkylation sites (tertiary alicyclic amines) is 1. The average Bonchev–Trinajstić information content (AvgIpc) is 3.10. The molecule has 1 fully saturated rings. The second-order valence-corrected chi connectivity index (χ2v) is 6.70. The molecule has 0 aliphatic carbocycles. The maximum atomic E-state index is 12.7. The topological polar surface area (TPSA) is 75.4 Å². The van der Waals surface area contributed by atoms with Crippen molar-refractivity contribution in [1.29, 1.82) is 0 Å². The first-order valence-electron chi connectivity index (χ1n) is 8.36. The lowest BCUT2D eigenvalue weighted by Gasteiger charge is -2.32. The molecule has 1 N–H and O–H groups in total. The predicted octanol–water partition coefficient (Wildman–Crippen LogP) is 3.24. The van der Waals surface area contributed by atoms with Crippen LogP contribution in [-0.2, 0) is 4.79 Å². The molecule has 1 aromatic heterocycles. The molecule has 25 heavy (non-hydrogen) atoms. The van der Waals surface area contributed by atoms with Crippen LogP contribution in [0.5, 0.6) is 0 Å². The van der Waals surface area contributed by atoms with Crippen molar-refractivity contribution in [2.75, 3.05) is 13.1 Å². The van der Waals surface area contributed by atoms with Gasteiger partial charge in [-0.25, -0.2) is 4.68 Å². The van der Waals surface area contributed by atoms with Crippen LogP contribution in [0.4, 0.5) is 0 Å². The van der Waals surface area contributed by atoms with Crippen molar-refractivity contribution < 1.29 is 14.7 Å². The van der Waals surface area contributed by atoms with Gasteiger partial charge in [0.1, 0.15) is 0 Å². The number of carbonyl (C=O) groups excluding carboxylic acids is 1. The minimum Gasteiger partial charge on any atom is -0.481 e. The molecule has 1 saturated heterocycles. The van der Waals surface area contributed by atoms with Gasteiger partial charge >= 0.3 is 5.97 Å². The Bertz CT molecular complexity index is 774. The highest BCUT2D eigenvalue weighted by Crippen LogP contribution is 2.23. The second kappa shape index (κ2) is 7.70. The maximum Gasteiger partial charge on any atom is 0.303 e. The molecule has 7 heteroatoms. The van der Waals surface area contributed by atoms with Crippen molar-refractivity contribution in [2.45, 2.75) is 25.7 Å². The summed E-state index contributed by atoms with van der Waals surface area (Å²) in [5.41, 5.74) is 1.10. The van der Waals surface area contributed by atoms with Crippen molar-refractivity contribution >= 4 is 23.5 Å². The molecule has 0 bridgehead atoms. The fourth-order valence-corrected chi connectivity index (χ4v) is 3.41. The van der Waals surface area contributed by atoms with Crippen LogP contribution in [-0.4, -0.2) is 44.8 Å². The summed E-state index contributed by atoms with van der Waals surface area (Å²) >= 11 is 6.17. The molecule has 1 aliphatic rings. The molecular formula is C18H20ClN3O3. The number of aromatic nitrogens is 2. The SMILES string of the molecule is O=C(O)CC[C@H]1CCCN(C(=O)c2ccn(-c3ccccc3Cl)n2)C1. The van der Waals surface area contributed by atoms with Crippen molar-refractivity contribution in [3.8, 4) is 5.69 Å². The molecule has 2 aromatic rings. The Balaban J connectivity index is 1.69. The third kappa shape index (κ3) is 4.20. The van der Waals surface area contributed by atoms with E-state index in [9.17, 15) is 9.59 Å². The first kappa shape index (κ1) is 17.5. The number of hydrogen-bond donors (Lipinski definition) is 1. The monoisotopic (exact) mass is 361 g/mol. The van der Waals surface area contributed by atoms with Gasteiger partial charge in [0.2, 0.25) is 0 Å². The van der Waals surface area contributed by atoms with Gasteiger partial charge in [0, 0.05) is 25.7 Å². The minimum atomic E-state index is -0.790. The summed E-state index contributed by atoms with van der Waals surface area (Å²) < 4.78 is 1.60. The van der Waals surface area contributed by atoms with E-state index in [1.807, 2.05) is 18.2 Å². The van der Waals surface area contributed by atoms with Crippen LogP contribution in [0, 0.1) is 5.92 Å². The van der Waals surface area contributed by atoms with Crippen LogP contribution in [0.3, 0.4) is 0 Å². The van der Waals surface area contributed by atoms with Crippen molar-refractivity contribution in [3.63, 3.8) is 0 Å². The number of benzene rings is 1. The quantitative estimate of drug-likeness (QED) is 0.887. The van der Waals surface area contributed by atoms with E-state index in [2.05, 4.69) is 5.10 Å². The highest BCUT2D eigenvalue weighted by molar-refractivity contribution is 6.32. The Hall–Kier alpha value is -2.34. The van der Waals surface area contributed by atoms with Gasteiger partial charge in [-0.15, -0.1) is 0 Å². The molecule has 132 valence electrons. The van der Waals surface area contributed by atoms with Crippen LogP contribution in [0.25, 0.3) is 5.69 Å². The van der Waals surface area contributed by atoms with Crippen molar-refractivity contribution in [2.24, 2.45) is 5.92 Å². The van der Waals surface area contributed by atoms with Gasteiger partial charge < -0.3 is 10.0 Å². The Morgan fingerprint density at radius 2 is 2.08 bits per heavy atom. The van der Waals surface area contributed by atoms with Crippen LogP contribution < -0.4 is 0 Å². The number of piperidine rings is 1. The van der Waals surface area contributed by atoms with Crippen LogP contribution >= 0.6 is 11.6 Å². The summed E-state index contributed by atoms with van der Waals surface area (Å²) in [4.78, 5) is 25.2. The highest BCUT2D eigenvalue weighted by Gasteiger charge is 2.26. The maximum absolute atomic E-state index is 12.7. The molecule has 0 saturated carbocycles. The number of carboxylic acids is 1. The van der Waals surface area contributed by atoms with Gasteiger partial charge in [0.25, 0.3) is 5.91 Å². The zero-order valence-corrected chi connectivity index (χ0v) is 14.5. The first-order valence-corrected chi connectivity index (χ1v) is 8.74. The highest BCUT2D eigenvalue weighted by atomic mass is 35.5. The molecule has 1 aromatic carbocycles. The van der Waals surface area contributed by atoms with Crippen molar-refractivity contribution in [3.05, 3.63) is 47.2 Å². The molecule has 3 rings (SSSR count). The van der Waals surface area contributed by atoms with Crippen LogP contribution in [0.1, 0.15) is 36.2 Å². The fourth-order valence-electron chi connectivity index (χ4n) is 3.18. The molecule has 6 nitrogen and oxygen atoms in total. The Labute approximate surface area is 151 Å². The number of amides is 1. The summed E-state index contributed by atoms with van der Waals surface area (Å²) in [5, 5.41) is 13.8. The van der Waals surface area contributed by atoms with E-state index in [-0.39, 0.29) is 18.2 Å². The van der Waals surface area contributed by atoms with E-state index in [0.717, 1.165) is 18.5 Å². The van der Waals surface area contributed by atoms with Gasteiger partial charge in [-0.05, 0) is 43.4 Å². The number of halogens is 1. The van der Waals surface area contributed by atoms with Crippen molar-refractivity contribution in [1.82, 2.24) is 14.7 Å². The predicted molar refractivity (Wildman–Crippen MR) is 94.1 cm³/mol. The second-order valence-electron chi connectivity index (χ2n) is 6.29. The largest absolute Gasteiger partial charge is 0.481 e. The Kier molecular flexibility index (Phi) is 5.38. The van der Waals surface area contributed by atoms with E-state index >= 15 is 0 Å². The third-order valence-electron chi connectivity index (χ3n) is 4.48. The molecule has 0 unspecified atom stereocenters. The fraction of sp³-hybridized carbons (Fsp3) is 0.389. The molecule has 1 aliphatic heterocycles. The van der Waals surface area contributed by atoms with E-state index in [1.54, 1.807) is 27.9 Å². The zero-order valence-electron chi connectivity index (χ0n) is 13.8. The molecule has 2 heterocycles. The molecule has 1 atom stereocenters. The zero-order chi connectivity index (χ0) is 17.8. The minimum absolute atomic E-state index is 0.120. The standard InChI is InChI=1S/C18H20ClN3O3/c19-14-5-1-2-6-16(14)22-11-9-15(20-22)18(25)21-10-3-4-13(12-21)7-8-17(23)24/h1-2,5-6,9,11,13H,3-4,7-8,10,12H2,(H,23,24)/t13-/m1/s1. The van der Waals surface area contributed by atoms with Gasteiger partial charge in [-0.3, -0.25) is 9.59 Å². The third-order valence-corrected chi connectivity index (χ3v) is 4.80. The lowest BCUT2D eigenvalue weighted by Crippen LogP contribution is -2.40. The van der Waals surface area contributed by atoms with E-state index in [1.165, 1.54) is 0 Å². The normalized spacial score (nSPS) is 17.5. The number of hydrogen-bond acceptors (Lipinski definition) is 3. The first-order chi connectivity index (χ1) is 12.0. The van der Waals surface area contributed by atoms with E-state index < -0.39 is 5.97 Å². The van der Waals surface area contributed by atoms with Gasteiger partial charge in [-0.1, -0.05) is 23.7 Å². The number of para-hydroxylation sites is 1. The summed E-state index contributed by atoms with van der Waals surface area (Å²) in [5.74, 6) is -0.674. The number of carbonyl (C=O) groups is 2. The smallest absolute Gasteiger partial charge is 0.303 e. The Morgan fingerprint density at radius 1 is 1.28 bits per heavy atom. The van der Waals surface area contributed by atoms with Gasteiger partial charge in [-0.2, -0.15) is 5.10 Å². The van der Waals surface area contributed by atoms with Crippen LogP contribution in [0.2, 0.25) is 5.02 Å². The summed E-state index contributed by atoms with van der Waals surface area (Å²) in [6.45, 7) is 1.27. The number of nitrogens with zero attached hydrogens (tertiary/aromatic N) is 3. The molecule has 0 spiro atoms. The number of carboxylic acid groups (broad SMARTS) is 1. The number of rotatable bonds is 5. The summed E-state index contributed by atoms with van der Waals surface area (Å²) in [7, 11) is 0. The van der Waals surface area contributed by atoms with Gasteiger partial charge in [0.05, 0.1) is 10.7 Å². The number of aliphatic carboxylic acids is 1. The molecular weight excluding hydrogens is 342 g/mol. The van der Waals surface area contributed by atoms with Crippen LogP contribution in [0.15, 0.2) is 36.5 Å². The van der Waals surface area contributed by atoms with Gasteiger partial charge in [0.15, 0.2) is 5.69 Å². The van der Waals surface area contributed by atoms with E-state index in [4.69, 9.17) is 16.7 Å². The summed E-state index contributed by atoms with van der Waals surface area (Å²) in [6, 6.07) is 9.01. The molecule has 1 amide bonds. The Morgan fingerprint density at radius 3 is 2.84 bits per heavy atom. The lowest BCUT2D eigenvalue weighted by molar-refractivity contribution is -0.137.